The van der Waals surface area contributed by atoms with Crippen LogP contribution in [0, 0.1) is 0 Å². The second kappa shape index (κ2) is 9.19. The Labute approximate surface area is 180 Å². The maximum Gasteiger partial charge on any atom is 0.471 e. The van der Waals surface area contributed by atoms with Crippen LogP contribution in [0.15, 0.2) is 60.6 Å². The van der Waals surface area contributed by atoms with Crippen LogP contribution in [0.2, 0.25) is 5.28 Å². The van der Waals surface area contributed by atoms with Gasteiger partial charge >= 0.3 is 12.1 Å². The van der Waals surface area contributed by atoms with Crippen LogP contribution in [-0.4, -0.2) is 34.2 Å². The third-order valence-corrected chi connectivity index (χ3v) is 4.47. The van der Waals surface area contributed by atoms with Crippen molar-refractivity contribution in [3.05, 3.63) is 77.1 Å². The van der Waals surface area contributed by atoms with Gasteiger partial charge in [-0.05, 0) is 47.5 Å². The number of carbonyl (C=O) groups excluding carboxylic acids is 1. The van der Waals surface area contributed by atoms with Crippen molar-refractivity contribution in [2.24, 2.45) is 5.84 Å². The SMILES string of the molecule is COc1ccc(C/C(=C2/C=CC=CN2N)c2ccnc(Cl)n2)cc1NC(=O)C(F)(F)F. The number of rotatable bonds is 5. The zero-order valence-corrected chi connectivity index (χ0v) is 16.9. The van der Waals surface area contributed by atoms with Crippen molar-refractivity contribution >= 4 is 28.8 Å². The number of hydrogen-bond donors (Lipinski definition) is 2. The number of hydrogen-bond acceptors (Lipinski definition) is 6. The smallest absolute Gasteiger partial charge is 0.471 e. The maximum atomic E-state index is 12.7. The van der Waals surface area contributed by atoms with Crippen molar-refractivity contribution in [3.63, 3.8) is 0 Å². The van der Waals surface area contributed by atoms with E-state index >= 15 is 0 Å². The minimum absolute atomic E-state index is 0.0300. The van der Waals surface area contributed by atoms with Crippen LogP contribution in [0.4, 0.5) is 18.9 Å². The van der Waals surface area contributed by atoms with E-state index in [1.807, 2.05) is 5.32 Å². The summed E-state index contributed by atoms with van der Waals surface area (Å²) in [5.41, 5.74) is 2.20. The van der Waals surface area contributed by atoms with Crippen LogP contribution in [0.5, 0.6) is 5.75 Å². The lowest BCUT2D eigenvalue weighted by molar-refractivity contribution is -0.167. The first-order valence-electron chi connectivity index (χ1n) is 8.85. The molecule has 0 saturated carbocycles. The van der Waals surface area contributed by atoms with Crippen molar-refractivity contribution in [2.45, 2.75) is 12.6 Å². The topological polar surface area (TPSA) is 93.4 Å². The Kier molecular flexibility index (Phi) is 6.62. The molecule has 31 heavy (non-hydrogen) atoms. The van der Waals surface area contributed by atoms with Crippen molar-refractivity contribution in [2.75, 3.05) is 12.4 Å². The molecule has 3 rings (SSSR count). The molecule has 0 unspecified atom stereocenters. The Hall–Kier alpha value is -3.37. The molecule has 0 bridgehead atoms. The molecule has 2 heterocycles. The highest BCUT2D eigenvalue weighted by atomic mass is 35.5. The van der Waals surface area contributed by atoms with Gasteiger partial charge in [-0.3, -0.25) is 9.80 Å². The van der Waals surface area contributed by atoms with Gasteiger partial charge < -0.3 is 10.1 Å². The van der Waals surface area contributed by atoms with Gasteiger partial charge in [-0.15, -0.1) is 0 Å². The molecule has 1 aliphatic rings. The van der Waals surface area contributed by atoms with Crippen LogP contribution < -0.4 is 15.9 Å². The molecule has 1 aliphatic heterocycles. The van der Waals surface area contributed by atoms with Gasteiger partial charge in [-0.25, -0.2) is 15.8 Å². The number of nitrogens with two attached hydrogens (primary N) is 1. The van der Waals surface area contributed by atoms with Gasteiger partial charge in [0, 0.05) is 24.4 Å². The average Bonchev–Trinajstić information content (AvgIpc) is 2.72. The van der Waals surface area contributed by atoms with Crippen LogP contribution in [0.1, 0.15) is 11.3 Å². The number of nitrogens with one attached hydrogen (secondary N) is 1. The van der Waals surface area contributed by atoms with E-state index < -0.39 is 12.1 Å². The first-order chi connectivity index (χ1) is 14.7. The number of nitrogens with zero attached hydrogens (tertiary/aromatic N) is 3. The molecule has 2 aromatic rings. The lowest BCUT2D eigenvalue weighted by Gasteiger charge is -2.22. The van der Waals surface area contributed by atoms with Gasteiger partial charge in [-0.1, -0.05) is 12.1 Å². The fourth-order valence-corrected chi connectivity index (χ4v) is 3.03. The number of hydrazine groups is 1. The lowest BCUT2D eigenvalue weighted by atomic mass is 9.98. The van der Waals surface area contributed by atoms with E-state index in [1.54, 1.807) is 36.6 Å². The van der Waals surface area contributed by atoms with E-state index in [-0.39, 0.29) is 23.1 Å². The highest BCUT2D eigenvalue weighted by Crippen LogP contribution is 2.31. The molecule has 1 aromatic heterocycles. The molecule has 0 spiro atoms. The average molecular weight is 452 g/mol. The number of benzene rings is 1. The molecule has 7 nitrogen and oxygen atoms in total. The van der Waals surface area contributed by atoms with Crippen molar-refractivity contribution < 1.29 is 22.7 Å². The Balaban J connectivity index is 2.03. The molecule has 0 saturated heterocycles. The summed E-state index contributed by atoms with van der Waals surface area (Å²) >= 11 is 5.94. The number of carbonyl (C=O) groups is 1. The number of allylic oxidation sites excluding steroid dienone is 4. The second-order valence-corrected chi connectivity index (χ2v) is 6.68. The number of anilines is 1. The Morgan fingerprint density at radius 3 is 2.71 bits per heavy atom. The summed E-state index contributed by atoms with van der Waals surface area (Å²) in [6.07, 6.45) is 3.59. The molecule has 3 N–H and O–H groups in total. The molecule has 0 atom stereocenters. The Bertz CT molecular complexity index is 1080. The molecule has 1 aromatic carbocycles. The predicted octanol–water partition coefficient (Wildman–Crippen LogP) is 3.85. The van der Waals surface area contributed by atoms with E-state index in [2.05, 4.69) is 9.97 Å². The number of halogens is 4. The van der Waals surface area contributed by atoms with Gasteiger partial charge in [0.15, 0.2) is 0 Å². The number of aromatic nitrogens is 2. The number of alkyl halides is 3. The zero-order valence-electron chi connectivity index (χ0n) is 16.2. The van der Waals surface area contributed by atoms with Gasteiger partial charge in [-0.2, -0.15) is 13.2 Å². The van der Waals surface area contributed by atoms with E-state index in [1.165, 1.54) is 30.4 Å². The second-order valence-electron chi connectivity index (χ2n) is 6.35. The summed E-state index contributed by atoms with van der Waals surface area (Å²) in [5, 5.41) is 3.26. The van der Waals surface area contributed by atoms with Gasteiger partial charge in [0.05, 0.1) is 24.2 Å². The van der Waals surface area contributed by atoms with Crippen LogP contribution in [0.3, 0.4) is 0 Å². The molecular weight excluding hydrogens is 435 g/mol. The van der Waals surface area contributed by atoms with Gasteiger partial charge in [0.1, 0.15) is 5.75 Å². The molecule has 0 radical (unpaired) electrons. The largest absolute Gasteiger partial charge is 0.495 e. The first kappa shape index (κ1) is 22.3. The fraction of sp³-hybridized carbons (Fsp3) is 0.150. The lowest BCUT2D eigenvalue weighted by Crippen LogP contribution is -2.30. The summed E-state index contributed by atoms with van der Waals surface area (Å²) < 4.78 is 43.2. The summed E-state index contributed by atoms with van der Waals surface area (Å²) in [6, 6.07) is 6.17. The third kappa shape index (κ3) is 5.41. The van der Waals surface area contributed by atoms with Crippen LogP contribution in [0.25, 0.3) is 5.57 Å². The summed E-state index contributed by atoms with van der Waals surface area (Å²) in [5.74, 6) is 4.04. The normalized spacial score (nSPS) is 15.1. The quantitative estimate of drug-likeness (QED) is 0.530. The first-order valence-corrected chi connectivity index (χ1v) is 9.23. The predicted molar refractivity (Wildman–Crippen MR) is 110 cm³/mol. The van der Waals surface area contributed by atoms with Gasteiger partial charge in [0.25, 0.3) is 0 Å². The van der Waals surface area contributed by atoms with E-state index in [0.29, 0.717) is 22.5 Å². The highest BCUT2D eigenvalue weighted by molar-refractivity contribution is 6.28. The summed E-state index contributed by atoms with van der Waals surface area (Å²) in [7, 11) is 1.29. The number of ether oxygens (including phenoxy) is 1. The van der Waals surface area contributed by atoms with Crippen LogP contribution in [-0.2, 0) is 11.2 Å². The zero-order chi connectivity index (χ0) is 22.6. The maximum absolute atomic E-state index is 12.7. The number of methoxy groups -OCH3 is 1. The minimum atomic E-state index is -5.04. The fourth-order valence-electron chi connectivity index (χ4n) is 2.89. The molecule has 11 heteroatoms. The Morgan fingerprint density at radius 1 is 1.29 bits per heavy atom. The third-order valence-electron chi connectivity index (χ3n) is 4.29. The van der Waals surface area contributed by atoms with Crippen molar-refractivity contribution in [3.8, 4) is 5.75 Å². The molecule has 1 amide bonds. The molecule has 0 fully saturated rings. The van der Waals surface area contributed by atoms with Crippen molar-refractivity contribution in [1.82, 2.24) is 15.0 Å². The summed E-state index contributed by atoms with van der Waals surface area (Å²) in [6.45, 7) is 0. The molecular formula is C20H17ClF3N5O2. The van der Waals surface area contributed by atoms with Gasteiger partial charge in [0.2, 0.25) is 5.28 Å². The van der Waals surface area contributed by atoms with Crippen molar-refractivity contribution in [1.29, 1.82) is 0 Å². The van der Waals surface area contributed by atoms with E-state index in [0.717, 1.165) is 0 Å². The monoisotopic (exact) mass is 451 g/mol. The van der Waals surface area contributed by atoms with E-state index in [9.17, 15) is 18.0 Å². The van der Waals surface area contributed by atoms with E-state index in [4.69, 9.17) is 22.2 Å². The summed E-state index contributed by atoms with van der Waals surface area (Å²) in [4.78, 5) is 19.5. The standard InChI is InChI=1S/C20H17ClF3N5O2/c1-31-17-6-5-12(11-15(17)27-18(30)20(22,23)24)10-13(14-7-8-26-19(21)28-14)16-4-2-3-9-29(16)25/h2-9,11H,10,25H2,1H3,(H,27,30)/b16-13+. The Morgan fingerprint density at radius 2 is 2.06 bits per heavy atom. The van der Waals surface area contributed by atoms with Crippen LogP contribution >= 0.6 is 11.6 Å². The minimum Gasteiger partial charge on any atom is -0.495 e. The number of amides is 1. The molecule has 0 aliphatic carbocycles. The highest BCUT2D eigenvalue weighted by Gasteiger charge is 2.39. The molecule has 162 valence electrons.